The number of methoxy groups -OCH3 is 1. The van der Waals surface area contributed by atoms with Crippen LogP contribution in [0, 0.1) is 0 Å². The van der Waals surface area contributed by atoms with Crippen LogP contribution in [0.1, 0.15) is 28.4 Å². The van der Waals surface area contributed by atoms with E-state index in [1.54, 1.807) is 30.3 Å². The molecule has 0 aromatic heterocycles. The number of aliphatic hydroxyl groups excluding tert-OH is 1. The summed E-state index contributed by atoms with van der Waals surface area (Å²) in [5, 5.41) is 19.4. The van der Waals surface area contributed by atoms with Crippen molar-refractivity contribution in [3.8, 4) is 23.0 Å². The maximum Gasteiger partial charge on any atom is 0.174 e. The van der Waals surface area contributed by atoms with E-state index in [0.29, 0.717) is 17.2 Å². The SMILES string of the molecule is COc1cc(O)c2c(c1)O[C@H](c1ccc(OCC(O)CCl)cc1)CC2=O. The van der Waals surface area contributed by atoms with Crippen LogP contribution >= 0.6 is 11.6 Å². The molecule has 0 amide bonds. The van der Waals surface area contributed by atoms with E-state index in [-0.39, 0.29) is 36.0 Å². The molecule has 1 aliphatic rings. The second-order valence-corrected chi connectivity index (χ2v) is 6.25. The maximum atomic E-state index is 12.4. The zero-order valence-electron chi connectivity index (χ0n) is 14.1. The number of hydrogen-bond acceptors (Lipinski definition) is 6. The number of phenols is 1. The first-order chi connectivity index (χ1) is 12.5. The molecule has 0 aliphatic carbocycles. The van der Waals surface area contributed by atoms with Gasteiger partial charge in [-0.1, -0.05) is 12.1 Å². The summed E-state index contributed by atoms with van der Waals surface area (Å²) in [6.45, 7) is 0.105. The maximum absolute atomic E-state index is 12.4. The van der Waals surface area contributed by atoms with Gasteiger partial charge in [-0.05, 0) is 17.7 Å². The molecule has 2 aromatic rings. The van der Waals surface area contributed by atoms with Crippen molar-refractivity contribution in [3.05, 3.63) is 47.5 Å². The van der Waals surface area contributed by atoms with Crippen molar-refractivity contribution in [2.75, 3.05) is 19.6 Å². The number of carbonyl (C=O) groups excluding carboxylic acids is 1. The number of phenolic OH excluding ortho intramolecular Hbond substituents is 1. The standard InChI is InChI=1S/C19H19ClO6/c1-24-14-6-15(22)19-16(23)8-17(26-18(19)7-14)11-2-4-13(5-3-11)25-10-12(21)9-20/h2-7,12,17,21-22H,8-10H2,1H3/t12?,17-/m0/s1. The van der Waals surface area contributed by atoms with Crippen molar-refractivity contribution in [1.29, 1.82) is 0 Å². The van der Waals surface area contributed by atoms with Crippen LogP contribution in [0.5, 0.6) is 23.0 Å². The molecule has 2 N–H and O–H groups in total. The molecule has 7 heteroatoms. The van der Waals surface area contributed by atoms with E-state index in [1.165, 1.54) is 13.2 Å². The molecule has 2 atom stereocenters. The predicted molar refractivity (Wildman–Crippen MR) is 95.6 cm³/mol. The largest absolute Gasteiger partial charge is 0.507 e. The van der Waals surface area contributed by atoms with Crippen molar-refractivity contribution in [1.82, 2.24) is 0 Å². The van der Waals surface area contributed by atoms with Crippen LogP contribution in [-0.2, 0) is 0 Å². The van der Waals surface area contributed by atoms with E-state index in [0.717, 1.165) is 5.56 Å². The molecule has 0 saturated heterocycles. The number of carbonyl (C=O) groups is 1. The van der Waals surface area contributed by atoms with Crippen LogP contribution < -0.4 is 14.2 Å². The third-order valence-corrected chi connectivity index (χ3v) is 4.44. The van der Waals surface area contributed by atoms with Crippen molar-refractivity contribution >= 4 is 17.4 Å². The smallest absolute Gasteiger partial charge is 0.174 e. The molecule has 0 radical (unpaired) electrons. The number of Topliss-reactive ketones (excluding diaryl/α,β-unsaturated/α-hetero) is 1. The first-order valence-corrected chi connectivity index (χ1v) is 8.63. The van der Waals surface area contributed by atoms with Crippen molar-refractivity contribution in [2.45, 2.75) is 18.6 Å². The fourth-order valence-corrected chi connectivity index (χ4v) is 2.82. The third kappa shape index (κ3) is 3.86. The second-order valence-electron chi connectivity index (χ2n) is 5.94. The number of fused-ring (bicyclic) bond motifs is 1. The number of aromatic hydroxyl groups is 1. The van der Waals surface area contributed by atoms with E-state index in [1.807, 2.05) is 0 Å². The molecule has 6 nitrogen and oxygen atoms in total. The van der Waals surface area contributed by atoms with Crippen LogP contribution in [0.4, 0.5) is 0 Å². The van der Waals surface area contributed by atoms with Crippen LogP contribution in [0.2, 0.25) is 0 Å². The topological polar surface area (TPSA) is 85.2 Å². The summed E-state index contributed by atoms with van der Waals surface area (Å²) in [5.74, 6) is 1.06. The highest BCUT2D eigenvalue weighted by molar-refractivity contribution is 6.18. The lowest BCUT2D eigenvalue weighted by Gasteiger charge is -2.26. The summed E-state index contributed by atoms with van der Waals surface area (Å²) < 4.78 is 16.5. The molecule has 138 valence electrons. The number of ether oxygens (including phenoxy) is 3. The molecular formula is C19H19ClO6. The van der Waals surface area contributed by atoms with E-state index in [4.69, 9.17) is 25.8 Å². The number of halogens is 1. The summed E-state index contributed by atoms with van der Waals surface area (Å²) in [7, 11) is 1.48. The molecule has 1 unspecified atom stereocenters. The minimum atomic E-state index is -0.727. The van der Waals surface area contributed by atoms with Gasteiger partial charge < -0.3 is 24.4 Å². The number of alkyl halides is 1. The normalized spacial score (nSPS) is 17.2. The second kappa shape index (κ2) is 7.85. The fourth-order valence-electron chi connectivity index (χ4n) is 2.73. The lowest BCUT2D eigenvalue weighted by molar-refractivity contribution is 0.0844. The minimum Gasteiger partial charge on any atom is -0.507 e. The van der Waals surface area contributed by atoms with Gasteiger partial charge in [0.2, 0.25) is 0 Å². The van der Waals surface area contributed by atoms with E-state index < -0.39 is 12.2 Å². The summed E-state index contributed by atoms with van der Waals surface area (Å²) in [4.78, 5) is 12.4. The van der Waals surface area contributed by atoms with Gasteiger partial charge in [0.05, 0.1) is 19.4 Å². The highest BCUT2D eigenvalue weighted by Crippen LogP contribution is 2.41. The zero-order chi connectivity index (χ0) is 18.7. The number of benzene rings is 2. The van der Waals surface area contributed by atoms with Crippen LogP contribution in [0.25, 0.3) is 0 Å². The van der Waals surface area contributed by atoms with E-state index >= 15 is 0 Å². The number of rotatable bonds is 6. The van der Waals surface area contributed by atoms with Gasteiger partial charge in [0, 0.05) is 12.1 Å². The third-order valence-electron chi connectivity index (χ3n) is 4.08. The van der Waals surface area contributed by atoms with Gasteiger partial charge >= 0.3 is 0 Å². The van der Waals surface area contributed by atoms with Crippen molar-refractivity contribution in [2.24, 2.45) is 0 Å². The molecule has 0 spiro atoms. The van der Waals surface area contributed by atoms with Gasteiger partial charge in [-0.15, -0.1) is 11.6 Å². The van der Waals surface area contributed by atoms with Crippen molar-refractivity contribution < 1.29 is 29.2 Å². The van der Waals surface area contributed by atoms with Gasteiger partial charge in [0.1, 0.15) is 47.4 Å². The summed E-state index contributed by atoms with van der Waals surface area (Å²) in [6, 6.07) is 10.0. The Balaban J connectivity index is 1.77. The molecule has 1 heterocycles. The van der Waals surface area contributed by atoms with Crippen LogP contribution in [0.15, 0.2) is 36.4 Å². The van der Waals surface area contributed by atoms with Gasteiger partial charge in [0.25, 0.3) is 0 Å². The molecule has 2 aromatic carbocycles. The van der Waals surface area contributed by atoms with E-state index in [2.05, 4.69) is 0 Å². The number of hydrogen-bond donors (Lipinski definition) is 2. The average Bonchev–Trinajstić information content (AvgIpc) is 2.65. The van der Waals surface area contributed by atoms with Gasteiger partial charge in [-0.3, -0.25) is 4.79 Å². The minimum absolute atomic E-state index is 0.103. The van der Waals surface area contributed by atoms with Crippen LogP contribution in [-0.4, -0.2) is 41.7 Å². The number of aliphatic hydroxyl groups is 1. The monoisotopic (exact) mass is 378 g/mol. The highest BCUT2D eigenvalue weighted by Gasteiger charge is 2.30. The Morgan fingerprint density at radius 3 is 2.65 bits per heavy atom. The van der Waals surface area contributed by atoms with Crippen LogP contribution in [0.3, 0.4) is 0 Å². The first kappa shape index (κ1) is 18.4. The Morgan fingerprint density at radius 1 is 1.27 bits per heavy atom. The summed E-state index contributed by atoms with van der Waals surface area (Å²) in [6.07, 6.45) is -1.07. The fraction of sp³-hybridized carbons (Fsp3) is 0.316. The lowest BCUT2D eigenvalue weighted by atomic mass is 9.95. The molecule has 0 fully saturated rings. The molecular weight excluding hydrogens is 360 g/mol. The van der Waals surface area contributed by atoms with Crippen molar-refractivity contribution in [3.63, 3.8) is 0 Å². The summed E-state index contributed by atoms with van der Waals surface area (Å²) >= 11 is 5.53. The lowest BCUT2D eigenvalue weighted by Crippen LogP contribution is -2.21. The Hall–Kier alpha value is -2.44. The molecule has 0 bridgehead atoms. The number of ketones is 1. The Bertz CT molecular complexity index is 789. The van der Waals surface area contributed by atoms with Gasteiger partial charge in [-0.25, -0.2) is 0 Å². The highest BCUT2D eigenvalue weighted by atomic mass is 35.5. The molecule has 1 aliphatic heterocycles. The quantitative estimate of drug-likeness (QED) is 0.751. The molecule has 3 rings (SSSR count). The average molecular weight is 379 g/mol. The summed E-state index contributed by atoms with van der Waals surface area (Å²) in [5.41, 5.74) is 0.980. The first-order valence-electron chi connectivity index (χ1n) is 8.09. The Kier molecular flexibility index (Phi) is 5.54. The van der Waals surface area contributed by atoms with E-state index in [9.17, 15) is 15.0 Å². The van der Waals surface area contributed by atoms with Gasteiger partial charge in [0.15, 0.2) is 5.78 Å². The Morgan fingerprint density at radius 2 is 2.00 bits per heavy atom. The molecule has 26 heavy (non-hydrogen) atoms. The molecule has 0 saturated carbocycles. The zero-order valence-corrected chi connectivity index (χ0v) is 14.9. The predicted octanol–water partition coefficient (Wildman–Crippen LogP) is 3.09. The van der Waals surface area contributed by atoms with Gasteiger partial charge in [-0.2, -0.15) is 0 Å². The Labute approximate surface area is 155 Å².